The van der Waals surface area contributed by atoms with Gasteiger partial charge in [-0.15, -0.1) is 0 Å². The second kappa shape index (κ2) is 5.10. The Bertz CT molecular complexity index is 161. The van der Waals surface area contributed by atoms with Crippen molar-refractivity contribution in [2.24, 2.45) is 0 Å². The molecule has 0 aromatic carbocycles. The van der Waals surface area contributed by atoms with Gasteiger partial charge in [0.05, 0.1) is 5.60 Å². The van der Waals surface area contributed by atoms with Crippen molar-refractivity contribution in [3.63, 3.8) is 0 Å². The molecule has 0 aromatic heterocycles. The van der Waals surface area contributed by atoms with Gasteiger partial charge >= 0.3 is 0 Å². The summed E-state index contributed by atoms with van der Waals surface area (Å²) < 4.78 is 0. The fraction of sp³-hybridized carbons (Fsp3) is 1.00. The highest BCUT2D eigenvalue weighted by molar-refractivity contribution is 4.96. The fourth-order valence-corrected chi connectivity index (χ4v) is 1.72. The van der Waals surface area contributed by atoms with Gasteiger partial charge in [0.2, 0.25) is 0 Å². The highest BCUT2D eigenvalue weighted by Gasteiger charge is 2.41. The maximum absolute atomic E-state index is 9.69. The van der Waals surface area contributed by atoms with Crippen molar-refractivity contribution in [2.45, 2.75) is 32.3 Å². The van der Waals surface area contributed by atoms with Gasteiger partial charge in [-0.2, -0.15) is 0 Å². The molecule has 1 heterocycles. The van der Waals surface area contributed by atoms with E-state index in [2.05, 4.69) is 16.8 Å². The number of β-amino-alcohol motifs (C(OH)–C–C–N with tert-alkyl or cyclic N) is 1. The monoisotopic (exact) mass is 200 g/mol. The molecule has 1 N–H and O–H groups in total. The van der Waals surface area contributed by atoms with Crippen LogP contribution in [0, 0.1) is 0 Å². The van der Waals surface area contributed by atoms with Crippen LogP contribution in [0.15, 0.2) is 0 Å². The number of rotatable bonds is 2. The molecule has 2 aliphatic rings. The molecule has 1 saturated heterocycles. The number of likely N-dealkylation sites (N-methyl/N-ethyl adjacent to an activating group) is 1. The lowest BCUT2D eigenvalue weighted by Crippen LogP contribution is -2.47. The molecule has 84 valence electrons. The Kier molecular flexibility index (Phi) is 4.35. The van der Waals surface area contributed by atoms with Crippen molar-refractivity contribution in [2.75, 3.05) is 39.8 Å². The van der Waals surface area contributed by atoms with Crippen molar-refractivity contribution in [1.29, 1.82) is 0 Å². The summed E-state index contributed by atoms with van der Waals surface area (Å²) in [6.45, 7) is 9.45. The molecule has 0 atom stereocenters. The standard InChI is InChI=1S/C9H18N2O.C2H6/c1-10-4-6-11(7-5-10)8-9(12)2-3-9;1-2/h12H,2-8H2,1H3;1-2H3. The van der Waals surface area contributed by atoms with Crippen molar-refractivity contribution in [1.82, 2.24) is 9.80 Å². The summed E-state index contributed by atoms with van der Waals surface area (Å²) in [4.78, 5) is 4.72. The topological polar surface area (TPSA) is 26.7 Å². The molecule has 0 spiro atoms. The third-order valence-electron chi connectivity index (χ3n) is 2.94. The van der Waals surface area contributed by atoms with Crippen LogP contribution in [0.5, 0.6) is 0 Å². The third kappa shape index (κ3) is 3.56. The summed E-state index contributed by atoms with van der Waals surface area (Å²) in [6.07, 6.45) is 2.03. The Morgan fingerprint density at radius 1 is 1.07 bits per heavy atom. The summed E-state index contributed by atoms with van der Waals surface area (Å²) in [7, 11) is 2.16. The van der Waals surface area contributed by atoms with Crippen LogP contribution >= 0.6 is 0 Å². The quantitative estimate of drug-likeness (QED) is 0.714. The van der Waals surface area contributed by atoms with Crippen LogP contribution in [0.4, 0.5) is 0 Å². The van der Waals surface area contributed by atoms with E-state index < -0.39 is 0 Å². The van der Waals surface area contributed by atoms with Crippen LogP contribution in [-0.2, 0) is 0 Å². The molecule has 2 fully saturated rings. The lowest BCUT2D eigenvalue weighted by Gasteiger charge is -2.33. The predicted molar refractivity (Wildman–Crippen MR) is 59.5 cm³/mol. The van der Waals surface area contributed by atoms with Crippen LogP contribution in [0.2, 0.25) is 0 Å². The zero-order chi connectivity index (χ0) is 10.6. The number of nitrogens with zero attached hydrogens (tertiary/aromatic N) is 2. The van der Waals surface area contributed by atoms with E-state index in [1.807, 2.05) is 13.8 Å². The van der Waals surface area contributed by atoms with E-state index in [9.17, 15) is 5.11 Å². The first-order valence-corrected chi connectivity index (χ1v) is 5.81. The van der Waals surface area contributed by atoms with Gasteiger partial charge in [-0.25, -0.2) is 0 Å². The average Bonchev–Trinajstić information content (AvgIpc) is 2.91. The lowest BCUT2D eigenvalue weighted by molar-refractivity contribution is 0.0654. The van der Waals surface area contributed by atoms with Crippen LogP contribution in [0.3, 0.4) is 0 Å². The van der Waals surface area contributed by atoms with E-state index in [0.29, 0.717) is 0 Å². The Hall–Kier alpha value is -0.120. The van der Waals surface area contributed by atoms with Gasteiger partial charge in [-0.1, -0.05) is 13.8 Å². The van der Waals surface area contributed by atoms with Crippen molar-refractivity contribution >= 4 is 0 Å². The molecule has 3 nitrogen and oxygen atoms in total. The molecule has 1 saturated carbocycles. The molecule has 0 unspecified atom stereocenters. The number of hydrogen-bond acceptors (Lipinski definition) is 3. The lowest BCUT2D eigenvalue weighted by atomic mass is 10.2. The molecule has 3 heteroatoms. The van der Waals surface area contributed by atoms with Gasteiger partial charge in [0.15, 0.2) is 0 Å². The summed E-state index contributed by atoms with van der Waals surface area (Å²) in [6, 6.07) is 0. The van der Waals surface area contributed by atoms with E-state index in [4.69, 9.17) is 0 Å². The normalized spacial score (nSPS) is 26.6. The minimum absolute atomic E-state index is 0.296. The molecule has 1 aliphatic heterocycles. The van der Waals surface area contributed by atoms with E-state index >= 15 is 0 Å². The van der Waals surface area contributed by atoms with Gasteiger partial charge in [-0.3, -0.25) is 4.90 Å². The maximum Gasteiger partial charge on any atom is 0.0776 e. The molecule has 1 aliphatic carbocycles. The van der Waals surface area contributed by atoms with Gasteiger partial charge in [-0.05, 0) is 19.9 Å². The second-order valence-corrected chi connectivity index (χ2v) is 4.30. The molecule has 2 rings (SSSR count). The minimum atomic E-state index is -0.296. The number of aliphatic hydroxyl groups is 1. The summed E-state index contributed by atoms with van der Waals surface area (Å²) in [5.74, 6) is 0. The highest BCUT2D eigenvalue weighted by atomic mass is 16.3. The predicted octanol–water partition coefficient (Wildman–Crippen LogP) is 0.785. The van der Waals surface area contributed by atoms with Gasteiger partial charge in [0.25, 0.3) is 0 Å². The molecular weight excluding hydrogens is 176 g/mol. The Morgan fingerprint density at radius 3 is 2.00 bits per heavy atom. The third-order valence-corrected chi connectivity index (χ3v) is 2.94. The molecule has 14 heavy (non-hydrogen) atoms. The minimum Gasteiger partial charge on any atom is -0.389 e. The number of piperazine rings is 1. The zero-order valence-electron chi connectivity index (χ0n) is 9.79. The van der Waals surface area contributed by atoms with E-state index in [0.717, 1.165) is 45.6 Å². The van der Waals surface area contributed by atoms with Gasteiger partial charge in [0, 0.05) is 32.7 Å². The average molecular weight is 200 g/mol. The molecule has 0 radical (unpaired) electrons. The first-order valence-electron chi connectivity index (χ1n) is 5.81. The molecule has 0 aromatic rings. The van der Waals surface area contributed by atoms with E-state index in [1.165, 1.54) is 0 Å². The van der Waals surface area contributed by atoms with E-state index in [1.54, 1.807) is 0 Å². The highest BCUT2D eigenvalue weighted by Crippen LogP contribution is 2.35. The molecular formula is C11H24N2O. The largest absolute Gasteiger partial charge is 0.389 e. The summed E-state index contributed by atoms with van der Waals surface area (Å²) in [5.41, 5.74) is -0.296. The number of hydrogen-bond donors (Lipinski definition) is 1. The van der Waals surface area contributed by atoms with Crippen molar-refractivity contribution < 1.29 is 5.11 Å². The molecule has 0 amide bonds. The fourth-order valence-electron chi connectivity index (χ4n) is 1.72. The first-order chi connectivity index (χ1) is 6.68. The smallest absolute Gasteiger partial charge is 0.0776 e. The Morgan fingerprint density at radius 2 is 1.57 bits per heavy atom. The SMILES string of the molecule is CC.CN1CCN(CC2(O)CC2)CC1. The summed E-state index contributed by atoms with van der Waals surface area (Å²) >= 11 is 0. The van der Waals surface area contributed by atoms with Crippen molar-refractivity contribution in [3.05, 3.63) is 0 Å². The Balaban J connectivity index is 0.000000461. The Labute approximate surface area is 87.7 Å². The van der Waals surface area contributed by atoms with Gasteiger partial charge in [0.1, 0.15) is 0 Å². The summed E-state index contributed by atoms with van der Waals surface area (Å²) in [5, 5.41) is 9.69. The zero-order valence-corrected chi connectivity index (χ0v) is 9.79. The van der Waals surface area contributed by atoms with Crippen molar-refractivity contribution in [3.8, 4) is 0 Å². The second-order valence-electron chi connectivity index (χ2n) is 4.30. The van der Waals surface area contributed by atoms with Gasteiger partial charge < -0.3 is 10.0 Å². The van der Waals surface area contributed by atoms with E-state index in [-0.39, 0.29) is 5.60 Å². The van der Waals surface area contributed by atoms with Crippen LogP contribution in [-0.4, -0.2) is 60.3 Å². The van der Waals surface area contributed by atoms with Crippen LogP contribution in [0.25, 0.3) is 0 Å². The maximum atomic E-state index is 9.69. The van der Waals surface area contributed by atoms with Crippen LogP contribution in [0.1, 0.15) is 26.7 Å². The first kappa shape index (κ1) is 12.0. The molecule has 0 bridgehead atoms. The van der Waals surface area contributed by atoms with Crippen LogP contribution < -0.4 is 0 Å².